The summed E-state index contributed by atoms with van der Waals surface area (Å²) in [7, 11) is 2.12. The summed E-state index contributed by atoms with van der Waals surface area (Å²) < 4.78 is 0. The summed E-state index contributed by atoms with van der Waals surface area (Å²) in [6.07, 6.45) is 2.01. The third-order valence-electron chi connectivity index (χ3n) is 3.64. The molecule has 3 nitrogen and oxygen atoms in total. The van der Waals surface area contributed by atoms with E-state index in [1.54, 1.807) is 23.1 Å². The van der Waals surface area contributed by atoms with Crippen LogP contribution in [-0.2, 0) is 13.1 Å². The largest absolute Gasteiger partial charge is 0.388 e. The number of nitrogens with one attached hydrogen (secondary N) is 1. The van der Waals surface area contributed by atoms with E-state index < -0.39 is 5.60 Å². The molecule has 0 aliphatic heterocycles. The second-order valence-corrected chi connectivity index (χ2v) is 8.03. The van der Waals surface area contributed by atoms with Crippen LogP contribution >= 0.6 is 23.1 Å². The molecule has 0 aliphatic carbocycles. The van der Waals surface area contributed by atoms with E-state index in [0.717, 1.165) is 18.8 Å². The molecule has 1 heterocycles. The molecule has 2 rings (SSSR count). The zero-order chi connectivity index (χ0) is 16.7. The number of thioether (sulfide) groups is 1. The van der Waals surface area contributed by atoms with Crippen molar-refractivity contribution in [1.82, 2.24) is 5.32 Å². The fourth-order valence-corrected chi connectivity index (χ4v) is 3.92. The van der Waals surface area contributed by atoms with Crippen LogP contribution in [0.25, 0.3) is 0 Å². The van der Waals surface area contributed by atoms with Gasteiger partial charge in [-0.1, -0.05) is 18.2 Å². The SMILES string of the molecule is CSCC(C)(O)CNCc1ccc(N(C)Cc2cccs2)cc1. The molecule has 1 aromatic carbocycles. The van der Waals surface area contributed by atoms with Crippen molar-refractivity contribution in [2.24, 2.45) is 0 Å². The van der Waals surface area contributed by atoms with Gasteiger partial charge in [0.05, 0.1) is 12.1 Å². The first kappa shape index (κ1) is 18.3. The fourth-order valence-electron chi connectivity index (χ4n) is 2.43. The number of benzene rings is 1. The van der Waals surface area contributed by atoms with Crippen molar-refractivity contribution in [3.8, 4) is 0 Å². The highest BCUT2D eigenvalue weighted by Crippen LogP contribution is 2.19. The molecule has 2 aromatic rings. The van der Waals surface area contributed by atoms with Crippen molar-refractivity contribution in [3.05, 3.63) is 52.2 Å². The summed E-state index contributed by atoms with van der Waals surface area (Å²) in [5, 5.41) is 15.6. The Labute approximate surface area is 147 Å². The van der Waals surface area contributed by atoms with Gasteiger partial charge in [-0.05, 0) is 42.3 Å². The first-order valence-corrected chi connectivity index (χ1v) is 10.0. The van der Waals surface area contributed by atoms with E-state index in [1.807, 2.05) is 13.2 Å². The third kappa shape index (κ3) is 6.18. The summed E-state index contributed by atoms with van der Waals surface area (Å²) >= 11 is 3.46. The van der Waals surface area contributed by atoms with Crippen molar-refractivity contribution in [1.29, 1.82) is 0 Å². The maximum absolute atomic E-state index is 10.1. The summed E-state index contributed by atoms with van der Waals surface area (Å²) in [5.74, 6) is 0.743. The lowest BCUT2D eigenvalue weighted by molar-refractivity contribution is 0.0846. The molecule has 2 N–H and O–H groups in total. The van der Waals surface area contributed by atoms with Crippen LogP contribution in [0.3, 0.4) is 0 Å². The zero-order valence-corrected chi connectivity index (χ0v) is 15.7. The number of aliphatic hydroxyl groups is 1. The van der Waals surface area contributed by atoms with Crippen LogP contribution in [0.15, 0.2) is 41.8 Å². The van der Waals surface area contributed by atoms with E-state index in [2.05, 4.69) is 59.0 Å². The summed E-state index contributed by atoms with van der Waals surface area (Å²) in [6, 6.07) is 12.9. The lowest BCUT2D eigenvalue weighted by Crippen LogP contribution is -2.39. The molecule has 126 valence electrons. The quantitative estimate of drug-likeness (QED) is 0.724. The molecule has 0 amide bonds. The molecule has 0 saturated carbocycles. The zero-order valence-electron chi connectivity index (χ0n) is 14.1. The Bertz CT molecular complexity index is 567. The van der Waals surface area contributed by atoms with Gasteiger partial charge < -0.3 is 15.3 Å². The van der Waals surface area contributed by atoms with Gasteiger partial charge in [0.15, 0.2) is 0 Å². The Hall–Kier alpha value is -1.01. The highest BCUT2D eigenvalue weighted by Gasteiger charge is 2.18. The highest BCUT2D eigenvalue weighted by molar-refractivity contribution is 7.98. The van der Waals surface area contributed by atoms with E-state index >= 15 is 0 Å². The third-order valence-corrected chi connectivity index (χ3v) is 5.41. The molecular formula is C18H26N2OS2. The number of rotatable bonds is 9. The van der Waals surface area contributed by atoms with Crippen molar-refractivity contribution in [3.63, 3.8) is 0 Å². The van der Waals surface area contributed by atoms with Gasteiger partial charge in [-0.2, -0.15) is 11.8 Å². The molecule has 23 heavy (non-hydrogen) atoms. The van der Waals surface area contributed by atoms with Crippen LogP contribution in [0.4, 0.5) is 5.69 Å². The minimum Gasteiger partial charge on any atom is -0.388 e. The van der Waals surface area contributed by atoms with Gasteiger partial charge in [0.1, 0.15) is 0 Å². The van der Waals surface area contributed by atoms with Crippen LogP contribution < -0.4 is 10.2 Å². The molecule has 0 fully saturated rings. The van der Waals surface area contributed by atoms with Crippen LogP contribution in [0, 0.1) is 0 Å². The predicted molar refractivity (Wildman–Crippen MR) is 104 cm³/mol. The van der Waals surface area contributed by atoms with E-state index in [1.165, 1.54) is 16.1 Å². The number of thiophene rings is 1. The average molecular weight is 351 g/mol. The Balaban J connectivity index is 1.82. The number of nitrogens with zero attached hydrogens (tertiary/aromatic N) is 1. The van der Waals surface area contributed by atoms with Crippen LogP contribution in [0.1, 0.15) is 17.4 Å². The van der Waals surface area contributed by atoms with Gasteiger partial charge in [0, 0.05) is 36.5 Å². The van der Waals surface area contributed by atoms with E-state index in [9.17, 15) is 5.11 Å². The van der Waals surface area contributed by atoms with Gasteiger partial charge in [-0.15, -0.1) is 11.3 Å². The minimum atomic E-state index is -0.652. The lowest BCUT2D eigenvalue weighted by atomic mass is 10.1. The first-order valence-electron chi connectivity index (χ1n) is 7.75. The number of hydrogen-bond donors (Lipinski definition) is 2. The van der Waals surface area contributed by atoms with Crippen molar-refractivity contribution >= 4 is 28.8 Å². The molecule has 0 bridgehead atoms. The molecule has 0 spiro atoms. The second-order valence-electron chi connectivity index (χ2n) is 6.14. The molecule has 1 unspecified atom stereocenters. The Morgan fingerprint density at radius 2 is 2.00 bits per heavy atom. The van der Waals surface area contributed by atoms with Crippen molar-refractivity contribution < 1.29 is 5.11 Å². The Morgan fingerprint density at radius 3 is 2.61 bits per heavy atom. The van der Waals surface area contributed by atoms with Gasteiger partial charge in [-0.3, -0.25) is 0 Å². The average Bonchev–Trinajstić information content (AvgIpc) is 3.00. The Kier molecular flexibility index (Phi) is 6.96. The van der Waals surface area contributed by atoms with Gasteiger partial charge in [-0.25, -0.2) is 0 Å². The standard InChI is InChI=1S/C18H26N2OS2/c1-18(21,14-22-3)13-19-11-15-6-8-16(9-7-15)20(2)12-17-5-4-10-23-17/h4-10,19,21H,11-14H2,1-3H3. The predicted octanol–water partition coefficient (Wildman–Crippen LogP) is 3.59. The van der Waals surface area contributed by atoms with Crippen molar-refractivity contribution in [2.45, 2.75) is 25.6 Å². The monoisotopic (exact) mass is 350 g/mol. The normalized spacial score (nSPS) is 13.7. The summed E-state index contributed by atoms with van der Waals surface area (Å²) in [5.41, 5.74) is 1.80. The van der Waals surface area contributed by atoms with Gasteiger partial charge >= 0.3 is 0 Å². The maximum Gasteiger partial charge on any atom is 0.0833 e. The van der Waals surface area contributed by atoms with Crippen molar-refractivity contribution in [2.75, 3.05) is 30.5 Å². The van der Waals surface area contributed by atoms with Crippen LogP contribution in [0.5, 0.6) is 0 Å². The number of anilines is 1. The first-order chi connectivity index (χ1) is 11.0. The van der Waals surface area contributed by atoms with Crippen LogP contribution in [0.2, 0.25) is 0 Å². The molecule has 1 atom stereocenters. The lowest BCUT2D eigenvalue weighted by Gasteiger charge is -2.23. The Morgan fingerprint density at radius 1 is 1.26 bits per heavy atom. The second kappa shape index (κ2) is 8.73. The van der Waals surface area contributed by atoms with E-state index in [-0.39, 0.29) is 0 Å². The molecule has 5 heteroatoms. The number of hydrogen-bond acceptors (Lipinski definition) is 5. The minimum absolute atomic E-state index is 0.605. The molecular weight excluding hydrogens is 324 g/mol. The summed E-state index contributed by atoms with van der Waals surface area (Å²) in [4.78, 5) is 3.63. The molecule has 1 aromatic heterocycles. The van der Waals surface area contributed by atoms with Crippen LogP contribution in [-0.4, -0.2) is 36.3 Å². The highest BCUT2D eigenvalue weighted by atomic mass is 32.2. The molecule has 0 aliphatic rings. The fraction of sp³-hybridized carbons (Fsp3) is 0.444. The maximum atomic E-state index is 10.1. The van der Waals surface area contributed by atoms with E-state index in [0.29, 0.717) is 6.54 Å². The topological polar surface area (TPSA) is 35.5 Å². The molecule has 0 saturated heterocycles. The summed E-state index contributed by atoms with van der Waals surface area (Å²) in [6.45, 7) is 4.19. The van der Waals surface area contributed by atoms with Gasteiger partial charge in [0.2, 0.25) is 0 Å². The van der Waals surface area contributed by atoms with E-state index in [4.69, 9.17) is 0 Å². The van der Waals surface area contributed by atoms with Gasteiger partial charge in [0.25, 0.3) is 0 Å². The molecule has 0 radical (unpaired) electrons. The smallest absolute Gasteiger partial charge is 0.0833 e.